The van der Waals surface area contributed by atoms with Crippen molar-refractivity contribution in [3.05, 3.63) is 35.5 Å². The fourth-order valence-corrected chi connectivity index (χ4v) is 4.04. The Bertz CT molecular complexity index is 1190. The van der Waals surface area contributed by atoms with E-state index >= 15 is 0 Å². The van der Waals surface area contributed by atoms with E-state index in [1.165, 1.54) is 12.1 Å². The number of likely N-dealkylation sites (N-methyl/N-ethyl adjacent to an activating group) is 2. The number of pyridine rings is 1. The molecule has 0 saturated carbocycles. The number of aromatic hydroxyl groups is 1. The minimum Gasteiger partial charge on any atom is -0.595 e. The van der Waals surface area contributed by atoms with Gasteiger partial charge in [0, 0.05) is 37.6 Å². The van der Waals surface area contributed by atoms with Gasteiger partial charge in [-0.25, -0.2) is 15.0 Å². The summed E-state index contributed by atoms with van der Waals surface area (Å²) in [5.41, 5.74) is 2.15. The van der Waals surface area contributed by atoms with E-state index in [1.807, 2.05) is 38.0 Å². The second-order valence-electron chi connectivity index (χ2n) is 8.52. The predicted molar refractivity (Wildman–Crippen MR) is 131 cm³/mol. The second-order valence-corrected chi connectivity index (χ2v) is 8.52. The van der Waals surface area contributed by atoms with Crippen LogP contribution in [0.5, 0.6) is 5.75 Å². The number of carbonyl (C=O) groups is 1. The lowest BCUT2D eigenvalue weighted by atomic mass is 10.0. The van der Waals surface area contributed by atoms with Crippen LogP contribution in [-0.4, -0.2) is 85.5 Å². The van der Waals surface area contributed by atoms with E-state index < -0.39 is 5.23 Å². The highest BCUT2D eigenvalue weighted by Crippen LogP contribution is 2.45. The summed E-state index contributed by atoms with van der Waals surface area (Å²) in [5, 5.41) is 32.1. The number of nitrogens with one attached hydrogen (secondary N) is 1. The van der Waals surface area contributed by atoms with Crippen molar-refractivity contribution in [2.45, 2.75) is 0 Å². The Morgan fingerprint density at radius 1 is 1.03 bits per heavy atom. The Morgan fingerprint density at radius 2 is 1.67 bits per heavy atom. The molecular formula is C22H29ClN6O4. The molecule has 0 aliphatic carbocycles. The number of fused-ring (bicyclic) bond motifs is 2. The molecule has 3 aromatic rings. The number of amides is 2. The number of hydrogen-bond acceptors (Lipinski definition) is 7. The van der Waals surface area contributed by atoms with E-state index in [0.717, 1.165) is 0 Å². The van der Waals surface area contributed by atoms with E-state index in [9.17, 15) is 20.3 Å². The average molecular weight is 477 g/mol. The molecule has 33 heavy (non-hydrogen) atoms. The fraction of sp³-hybridized carbons (Fsp3) is 0.364. The van der Waals surface area contributed by atoms with Crippen LogP contribution in [0, 0.1) is 5.21 Å². The summed E-state index contributed by atoms with van der Waals surface area (Å²) in [6.45, 7) is 2.12. The van der Waals surface area contributed by atoms with Crippen LogP contribution in [0.25, 0.3) is 21.8 Å². The van der Waals surface area contributed by atoms with Gasteiger partial charge in [-0.05, 0) is 52.5 Å². The Balaban J connectivity index is 0.00000306. The lowest BCUT2D eigenvalue weighted by molar-refractivity contribution is -0.990. The molecule has 2 aromatic carbocycles. The zero-order valence-electron chi connectivity index (χ0n) is 19.1. The molecule has 1 aliphatic rings. The van der Waals surface area contributed by atoms with E-state index in [4.69, 9.17) is 0 Å². The maximum Gasteiger partial charge on any atom is 0.329 e. The zero-order chi connectivity index (χ0) is 23.2. The van der Waals surface area contributed by atoms with E-state index in [1.54, 1.807) is 28.0 Å². The number of carbonyl (C=O) groups excluding carboxylic acids is 1. The third-order valence-corrected chi connectivity index (χ3v) is 5.65. The molecule has 2 amide bonds. The normalized spacial score (nSPS) is 14.5. The Hall–Kier alpha value is -2.73. The molecule has 0 spiro atoms. The minimum atomic E-state index is -1.08. The standard InChI is InChI=1S/C22H28N6O4.ClH/c1-24(2)9-11-26-17-7-8-18(28(31)32)20-19(17)21(27(22(26)30)12-10-25(3)4)15-13-14(29)5-6-16(15)23-20;/h5-8,13,28-29,31H,9-12H2,1-4H3;1H. The van der Waals surface area contributed by atoms with Gasteiger partial charge in [-0.15, -0.1) is 12.4 Å². The molecule has 0 bridgehead atoms. The number of rotatable bonds is 7. The maximum absolute atomic E-state index is 13.7. The zero-order valence-corrected chi connectivity index (χ0v) is 19.9. The van der Waals surface area contributed by atoms with Crippen molar-refractivity contribution in [2.24, 2.45) is 0 Å². The first-order chi connectivity index (χ1) is 15.2. The summed E-state index contributed by atoms with van der Waals surface area (Å²) < 4.78 is 0. The number of phenolic OH excluding ortho intramolecular Hbond substituents is 1. The van der Waals surface area contributed by atoms with E-state index in [-0.39, 0.29) is 29.9 Å². The molecule has 1 atom stereocenters. The first-order valence-corrected chi connectivity index (χ1v) is 10.4. The molecule has 2 heterocycles. The number of benzene rings is 2. The summed E-state index contributed by atoms with van der Waals surface area (Å²) in [6.07, 6.45) is 0. The molecule has 0 fully saturated rings. The molecule has 0 radical (unpaired) electrons. The lowest BCUT2D eigenvalue weighted by Crippen LogP contribution is -2.99. The number of urea groups is 1. The molecule has 3 N–H and O–H groups in total. The third-order valence-electron chi connectivity index (χ3n) is 5.65. The van der Waals surface area contributed by atoms with Crippen LogP contribution in [0.1, 0.15) is 0 Å². The topological polar surface area (TPSA) is 111 Å². The summed E-state index contributed by atoms with van der Waals surface area (Å²) in [7, 11) is 7.74. The van der Waals surface area contributed by atoms with Crippen molar-refractivity contribution in [3.63, 3.8) is 0 Å². The molecular weight excluding hydrogens is 448 g/mol. The summed E-state index contributed by atoms with van der Waals surface area (Å²) in [6, 6.07) is 7.75. The minimum absolute atomic E-state index is 0. The van der Waals surface area contributed by atoms with Crippen LogP contribution in [0.4, 0.5) is 21.9 Å². The molecule has 1 aliphatic heterocycles. The van der Waals surface area contributed by atoms with Crippen molar-refractivity contribution in [3.8, 4) is 5.75 Å². The number of halogens is 1. The fourth-order valence-electron chi connectivity index (χ4n) is 4.04. The highest BCUT2D eigenvalue weighted by molar-refractivity contribution is 6.26. The number of hydrogen-bond donors (Lipinski definition) is 3. The molecule has 4 rings (SSSR count). The van der Waals surface area contributed by atoms with Crippen molar-refractivity contribution < 1.29 is 20.3 Å². The molecule has 1 unspecified atom stereocenters. The van der Waals surface area contributed by atoms with Crippen molar-refractivity contribution >= 4 is 57.3 Å². The quantitative estimate of drug-likeness (QED) is 0.352. The van der Waals surface area contributed by atoms with Crippen molar-refractivity contribution in [1.29, 1.82) is 0 Å². The number of anilines is 2. The number of nitrogens with zero attached hydrogens (tertiary/aromatic N) is 5. The van der Waals surface area contributed by atoms with Gasteiger partial charge in [0.25, 0.3) is 0 Å². The SMILES string of the molecule is CN(C)CCN1C(=O)N(CCN(C)C)c2c3cc(O)ccc3nc3c([NH+]([O-])O)ccc1c23.Cl. The highest BCUT2D eigenvalue weighted by atomic mass is 35.5. The third kappa shape index (κ3) is 4.54. The first-order valence-electron chi connectivity index (χ1n) is 10.4. The molecule has 178 valence electrons. The van der Waals surface area contributed by atoms with Gasteiger partial charge in [-0.1, -0.05) is 0 Å². The van der Waals surface area contributed by atoms with Crippen LogP contribution >= 0.6 is 12.4 Å². The van der Waals surface area contributed by atoms with Crippen LogP contribution in [0.2, 0.25) is 0 Å². The van der Waals surface area contributed by atoms with Crippen LogP contribution in [0.15, 0.2) is 30.3 Å². The Labute approximate surface area is 198 Å². The number of phenols is 1. The van der Waals surface area contributed by atoms with Crippen molar-refractivity contribution in [2.75, 3.05) is 64.2 Å². The van der Waals surface area contributed by atoms with E-state index in [0.29, 0.717) is 59.4 Å². The van der Waals surface area contributed by atoms with Gasteiger partial charge in [0.1, 0.15) is 11.3 Å². The van der Waals surface area contributed by atoms with Gasteiger partial charge in [-0.3, -0.25) is 9.80 Å². The average Bonchev–Trinajstić information content (AvgIpc) is 2.72. The predicted octanol–water partition coefficient (Wildman–Crippen LogP) is 1.79. The number of quaternary nitrogens is 1. The summed E-state index contributed by atoms with van der Waals surface area (Å²) >= 11 is 0. The molecule has 1 aromatic heterocycles. The highest BCUT2D eigenvalue weighted by Gasteiger charge is 2.35. The van der Waals surface area contributed by atoms with Crippen LogP contribution < -0.4 is 15.0 Å². The molecule has 11 heteroatoms. The van der Waals surface area contributed by atoms with Crippen molar-refractivity contribution in [1.82, 2.24) is 14.8 Å². The van der Waals surface area contributed by atoms with Gasteiger partial charge in [0.05, 0.1) is 22.3 Å². The van der Waals surface area contributed by atoms with Crippen LogP contribution in [-0.2, 0) is 0 Å². The van der Waals surface area contributed by atoms with Crippen LogP contribution in [0.3, 0.4) is 0 Å². The summed E-state index contributed by atoms with van der Waals surface area (Å²) in [4.78, 5) is 25.7. The molecule has 0 saturated heterocycles. The van der Waals surface area contributed by atoms with Gasteiger partial charge in [0.15, 0.2) is 5.69 Å². The first kappa shape index (κ1) is 24.9. The summed E-state index contributed by atoms with van der Waals surface area (Å²) in [5.74, 6) is 0.0564. The maximum atomic E-state index is 13.7. The van der Waals surface area contributed by atoms with Gasteiger partial charge >= 0.3 is 6.03 Å². The lowest BCUT2D eigenvalue weighted by Gasteiger charge is -2.38. The van der Waals surface area contributed by atoms with Gasteiger partial charge in [-0.2, -0.15) is 5.23 Å². The van der Waals surface area contributed by atoms with Gasteiger partial charge < -0.3 is 20.1 Å². The second kappa shape index (κ2) is 9.64. The largest absolute Gasteiger partial charge is 0.595 e. The Morgan fingerprint density at radius 3 is 2.27 bits per heavy atom. The monoisotopic (exact) mass is 476 g/mol. The Kier molecular flexibility index (Phi) is 7.27. The number of aromatic nitrogens is 1. The van der Waals surface area contributed by atoms with Gasteiger partial charge in [0.2, 0.25) is 0 Å². The smallest absolute Gasteiger partial charge is 0.329 e. The van der Waals surface area contributed by atoms with E-state index in [2.05, 4.69) is 4.98 Å². The molecule has 10 nitrogen and oxygen atoms in total.